The van der Waals surface area contributed by atoms with Crippen LogP contribution in [0.25, 0.3) is 0 Å². The molecular weight excluding hydrogens is 750 g/mol. The van der Waals surface area contributed by atoms with Crippen LogP contribution >= 0.6 is 7.82 Å². The predicted molar refractivity (Wildman–Crippen MR) is 242 cm³/mol. The number of nitrogens with zero attached hydrogens (tertiary/aromatic N) is 1. The Morgan fingerprint density at radius 2 is 0.983 bits per heavy atom. The highest BCUT2D eigenvalue weighted by Crippen LogP contribution is 2.43. The van der Waals surface area contributed by atoms with E-state index in [0.29, 0.717) is 23.9 Å². The largest absolute Gasteiger partial charge is 0.472 e. The van der Waals surface area contributed by atoms with Crippen LogP contribution in [0.2, 0.25) is 0 Å². The van der Waals surface area contributed by atoms with E-state index < -0.39 is 32.5 Å². The van der Waals surface area contributed by atoms with Gasteiger partial charge >= 0.3 is 19.8 Å². The maximum absolute atomic E-state index is 12.7. The second kappa shape index (κ2) is 39.6. The predicted octanol–water partition coefficient (Wildman–Crippen LogP) is 12.8. The van der Waals surface area contributed by atoms with E-state index >= 15 is 0 Å². The van der Waals surface area contributed by atoms with Crippen molar-refractivity contribution in [2.75, 3.05) is 47.5 Å². The number of quaternary nitrogens is 1. The van der Waals surface area contributed by atoms with E-state index in [9.17, 15) is 19.0 Å². The van der Waals surface area contributed by atoms with Gasteiger partial charge in [0.05, 0.1) is 27.7 Å². The van der Waals surface area contributed by atoms with Gasteiger partial charge in [0, 0.05) is 12.8 Å². The number of phosphoric acid groups is 1. The third-order valence-corrected chi connectivity index (χ3v) is 9.89. The molecule has 9 nitrogen and oxygen atoms in total. The second-order valence-electron chi connectivity index (χ2n) is 15.7. The third kappa shape index (κ3) is 42.8. The number of hydrogen-bond acceptors (Lipinski definition) is 7. The molecule has 0 aliphatic carbocycles. The number of carbonyl (C=O) groups excluding carboxylic acids is 2. The summed E-state index contributed by atoms with van der Waals surface area (Å²) in [4.78, 5) is 35.4. The summed E-state index contributed by atoms with van der Waals surface area (Å²) < 4.78 is 34.2. The maximum Gasteiger partial charge on any atom is 0.472 e. The summed E-state index contributed by atoms with van der Waals surface area (Å²) >= 11 is 0. The minimum absolute atomic E-state index is 0.0156. The molecule has 0 fully saturated rings. The van der Waals surface area contributed by atoms with Crippen LogP contribution in [-0.2, 0) is 32.7 Å². The van der Waals surface area contributed by atoms with Gasteiger partial charge in [0.2, 0.25) is 0 Å². The number of phosphoric ester groups is 1. The van der Waals surface area contributed by atoms with Crippen LogP contribution in [0.1, 0.15) is 155 Å². The topological polar surface area (TPSA) is 108 Å². The van der Waals surface area contributed by atoms with Gasteiger partial charge in [-0.15, -0.1) is 0 Å². The Kier molecular flexibility index (Phi) is 37.7. The van der Waals surface area contributed by atoms with E-state index in [-0.39, 0.29) is 26.1 Å². The summed E-state index contributed by atoms with van der Waals surface area (Å²) in [6, 6.07) is 0. The SMILES string of the molecule is CC/C=C/C/C=C/C/C=C/C/C=C/C/C=C/CCCCCC(=O)OC[C@H](COP(=O)(O)OCC[N+](C)(C)C)OC(=O)CCCC/C=C/C/C=C/CCCCCCCC. The van der Waals surface area contributed by atoms with Crippen molar-refractivity contribution in [1.29, 1.82) is 0 Å². The van der Waals surface area contributed by atoms with E-state index in [1.54, 1.807) is 0 Å². The summed E-state index contributed by atoms with van der Waals surface area (Å²) in [5.74, 6) is -0.883. The van der Waals surface area contributed by atoms with Crippen molar-refractivity contribution in [2.24, 2.45) is 0 Å². The quantitative estimate of drug-likeness (QED) is 0.0214. The van der Waals surface area contributed by atoms with Crippen LogP contribution in [0.4, 0.5) is 0 Å². The number of esters is 2. The lowest BCUT2D eigenvalue weighted by molar-refractivity contribution is -0.870. The Morgan fingerprint density at radius 3 is 1.50 bits per heavy atom. The van der Waals surface area contributed by atoms with Gasteiger partial charge in [-0.25, -0.2) is 4.57 Å². The highest BCUT2D eigenvalue weighted by atomic mass is 31.2. The van der Waals surface area contributed by atoms with Crippen LogP contribution in [0.5, 0.6) is 0 Å². The molecule has 0 aromatic carbocycles. The minimum atomic E-state index is -4.40. The van der Waals surface area contributed by atoms with Gasteiger partial charge in [0.15, 0.2) is 6.10 Å². The molecule has 0 spiro atoms. The van der Waals surface area contributed by atoms with Gasteiger partial charge in [-0.05, 0) is 89.9 Å². The molecule has 0 radical (unpaired) electrons. The molecule has 0 amide bonds. The van der Waals surface area contributed by atoms with E-state index in [2.05, 4.69) is 98.9 Å². The molecule has 0 saturated heterocycles. The van der Waals surface area contributed by atoms with Crippen molar-refractivity contribution < 1.29 is 42.1 Å². The molecule has 0 rings (SSSR count). The van der Waals surface area contributed by atoms with Crippen LogP contribution in [0.15, 0.2) is 85.1 Å². The average Bonchev–Trinajstić information content (AvgIpc) is 3.17. The lowest BCUT2D eigenvalue weighted by Gasteiger charge is -2.24. The lowest BCUT2D eigenvalue weighted by Crippen LogP contribution is -2.37. The third-order valence-electron chi connectivity index (χ3n) is 8.91. The Hall–Kier alpha value is -2.81. The molecule has 0 aliphatic heterocycles. The molecule has 10 heteroatoms. The molecule has 1 unspecified atom stereocenters. The number of likely N-dealkylation sites (N-methyl/N-ethyl adjacent to an activating group) is 1. The molecule has 1 N–H and O–H groups in total. The molecular formula is C48H83NO8P+. The molecule has 332 valence electrons. The van der Waals surface area contributed by atoms with Crippen molar-refractivity contribution in [2.45, 2.75) is 161 Å². The first kappa shape index (κ1) is 55.2. The van der Waals surface area contributed by atoms with Crippen molar-refractivity contribution in [3.05, 3.63) is 85.1 Å². The van der Waals surface area contributed by atoms with Crippen LogP contribution in [-0.4, -0.2) is 74.9 Å². The molecule has 2 atom stereocenters. The van der Waals surface area contributed by atoms with Gasteiger partial charge in [-0.3, -0.25) is 18.6 Å². The zero-order valence-corrected chi connectivity index (χ0v) is 38.1. The van der Waals surface area contributed by atoms with Gasteiger partial charge in [-0.2, -0.15) is 0 Å². The molecule has 0 aromatic heterocycles. The van der Waals surface area contributed by atoms with E-state index in [1.165, 1.54) is 38.5 Å². The smallest absolute Gasteiger partial charge is 0.462 e. The standard InChI is InChI=1S/C48H82NO8P/c1-6-8-10-12-14-16-18-20-22-23-24-25-27-28-30-32-34-36-38-40-47(50)54-44-46(45-56-58(52,53)55-43-42-49(3,4)5)57-48(51)41-39-37-35-33-31-29-26-21-19-17-15-13-11-9-7-2/h8,10,14,16,20-22,24-26,28,30-31,33,46H,6-7,9,11-13,15,17-19,23,27,29,32,34-45H2,1-5H3/p+1/b10-8+,16-14+,22-20+,25-24+,26-21+,30-28+,33-31+/t46-/m1/s1. The maximum atomic E-state index is 12.7. The number of unbranched alkanes of at least 4 members (excludes halogenated alkanes) is 11. The van der Waals surface area contributed by atoms with Crippen molar-refractivity contribution >= 4 is 19.8 Å². The van der Waals surface area contributed by atoms with Gasteiger partial charge in [-0.1, -0.05) is 137 Å². The first-order valence-corrected chi connectivity index (χ1v) is 23.8. The monoisotopic (exact) mass is 833 g/mol. The van der Waals surface area contributed by atoms with E-state index in [1.807, 2.05) is 21.1 Å². The first-order valence-electron chi connectivity index (χ1n) is 22.3. The number of allylic oxidation sites excluding steroid dienone is 14. The average molecular weight is 833 g/mol. The van der Waals surface area contributed by atoms with Crippen molar-refractivity contribution in [1.82, 2.24) is 0 Å². The van der Waals surface area contributed by atoms with E-state index in [4.69, 9.17) is 18.5 Å². The summed E-state index contributed by atoms with van der Waals surface area (Å²) in [5.41, 5.74) is 0. The fourth-order valence-electron chi connectivity index (χ4n) is 5.42. The highest BCUT2D eigenvalue weighted by molar-refractivity contribution is 7.47. The lowest BCUT2D eigenvalue weighted by atomic mass is 10.1. The molecule has 0 aromatic rings. The normalized spacial score (nSPS) is 14.4. The summed E-state index contributed by atoms with van der Waals surface area (Å²) in [6.45, 7) is 4.20. The zero-order chi connectivity index (χ0) is 42.8. The van der Waals surface area contributed by atoms with Gasteiger partial charge in [0.25, 0.3) is 0 Å². The van der Waals surface area contributed by atoms with Crippen LogP contribution < -0.4 is 0 Å². The Labute approximate surface area is 354 Å². The molecule has 0 aliphatic rings. The second-order valence-corrected chi connectivity index (χ2v) is 17.1. The fraction of sp³-hybridized carbons (Fsp3) is 0.667. The molecule has 0 bridgehead atoms. The Balaban J connectivity index is 4.48. The fourth-order valence-corrected chi connectivity index (χ4v) is 6.16. The summed E-state index contributed by atoms with van der Waals surface area (Å²) in [6.07, 6.45) is 50.6. The summed E-state index contributed by atoms with van der Waals surface area (Å²) in [7, 11) is 1.42. The Morgan fingerprint density at radius 1 is 0.552 bits per heavy atom. The molecule has 0 heterocycles. The summed E-state index contributed by atoms with van der Waals surface area (Å²) in [5, 5.41) is 0. The number of ether oxygens (including phenoxy) is 2. The molecule has 0 saturated carbocycles. The highest BCUT2D eigenvalue weighted by Gasteiger charge is 2.27. The Bertz CT molecular complexity index is 1260. The minimum Gasteiger partial charge on any atom is -0.462 e. The number of carbonyl (C=O) groups is 2. The number of rotatable bonds is 39. The van der Waals surface area contributed by atoms with Gasteiger partial charge < -0.3 is 18.9 Å². The number of hydrogen-bond donors (Lipinski definition) is 1. The molecule has 58 heavy (non-hydrogen) atoms. The van der Waals surface area contributed by atoms with Crippen LogP contribution in [0.3, 0.4) is 0 Å². The van der Waals surface area contributed by atoms with Gasteiger partial charge in [0.1, 0.15) is 19.8 Å². The van der Waals surface area contributed by atoms with E-state index in [0.717, 1.165) is 77.0 Å². The zero-order valence-electron chi connectivity index (χ0n) is 37.2. The van der Waals surface area contributed by atoms with Crippen molar-refractivity contribution in [3.8, 4) is 0 Å². The van der Waals surface area contributed by atoms with Crippen molar-refractivity contribution in [3.63, 3.8) is 0 Å². The van der Waals surface area contributed by atoms with Crippen LogP contribution in [0, 0.1) is 0 Å². The first-order chi connectivity index (χ1) is 28.0.